The second-order valence-electron chi connectivity index (χ2n) is 7.63. The maximum atomic E-state index is 11.3. The monoisotopic (exact) mass is 342 g/mol. The smallest absolute Gasteiger partial charge is 0.303 e. The summed E-state index contributed by atoms with van der Waals surface area (Å²) in [6.45, 7) is 14.9. The van der Waals surface area contributed by atoms with Crippen molar-refractivity contribution in [1.29, 1.82) is 0 Å². The Morgan fingerprint density at radius 3 is 2.00 bits per heavy atom. The minimum atomic E-state index is -2.02. The van der Waals surface area contributed by atoms with E-state index in [0.717, 1.165) is 0 Å². The normalized spacial score (nSPS) is 26.0. The highest BCUT2D eigenvalue weighted by Crippen LogP contribution is 2.44. The largest absolute Gasteiger partial charge is 0.458 e. The highest BCUT2D eigenvalue weighted by atomic mass is 28.4. The van der Waals surface area contributed by atoms with Crippen LogP contribution in [0.5, 0.6) is 0 Å². The minimum absolute atomic E-state index is 0.0804. The quantitative estimate of drug-likeness (QED) is 0.447. The molecule has 134 valence electrons. The van der Waals surface area contributed by atoms with Gasteiger partial charge in [-0.2, -0.15) is 0 Å². The van der Waals surface area contributed by atoms with Crippen molar-refractivity contribution in [2.24, 2.45) is 0 Å². The van der Waals surface area contributed by atoms with E-state index < -0.39 is 14.4 Å². The van der Waals surface area contributed by atoms with Crippen molar-refractivity contribution in [1.82, 2.24) is 0 Å². The summed E-state index contributed by atoms with van der Waals surface area (Å²) in [6.07, 6.45) is 3.76. The number of aliphatic hydroxyl groups excluding tert-OH is 1. The van der Waals surface area contributed by atoms with Gasteiger partial charge in [-0.25, -0.2) is 0 Å². The molecule has 0 heterocycles. The van der Waals surface area contributed by atoms with Crippen LogP contribution >= 0.6 is 0 Å². The van der Waals surface area contributed by atoms with Gasteiger partial charge < -0.3 is 14.3 Å². The van der Waals surface area contributed by atoms with Gasteiger partial charge in [0.2, 0.25) is 8.32 Å². The molecule has 0 amide bonds. The van der Waals surface area contributed by atoms with E-state index in [1.807, 2.05) is 0 Å². The van der Waals surface area contributed by atoms with Gasteiger partial charge in [-0.1, -0.05) is 47.6 Å². The van der Waals surface area contributed by atoms with Crippen molar-refractivity contribution >= 4 is 14.3 Å². The zero-order chi connectivity index (χ0) is 17.8. The summed E-state index contributed by atoms with van der Waals surface area (Å²) in [7, 11) is -2.02. The Labute approximate surface area is 142 Å². The first-order valence-corrected chi connectivity index (χ1v) is 10.9. The Hall–Kier alpha value is -0.653. The Morgan fingerprint density at radius 1 is 1.04 bits per heavy atom. The first kappa shape index (κ1) is 20.4. The van der Waals surface area contributed by atoms with Gasteiger partial charge in [0.15, 0.2) is 0 Å². The highest BCUT2D eigenvalue weighted by molar-refractivity contribution is 6.77. The molecular formula is C18H34O4Si. The summed E-state index contributed by atoms with van der Waals surface area (Å²) in [5.41, 5.74) is 1.47. The molecule has 1 N–H and O–H groups in total. The zero-order valence-electron chi connectivity index (χ0n) is 15.7. The lowest BCUT2D eigenvalue weighted by Gasteiger charge is -2.45. The van der Waals surface area contributed by atoms with Crippen LogP contribution in [0.3, 0.4) is 0 Å². The molecule has 5 heteroatoms. The van der Waals surface area contributed by atoms with E-state index in [1.54, 1.807) is 12.2 Å². The summed E-state index contributed by atoms with van der Waals surface area (Å²) in [5, 5.41) is 10.1. The molecule has 0 aromatic carbocycles. The second-order valence-corrected chi connectivity index (χ2v) is 13.0. The van der Waals surface area contributed by atoms with Crippen LogP contribution in [0.1, 0.15) is 61.3 Å². The molecule has 0 aromatic rings. The summed E-state index contributed by atoms with van der Waals surface area (Å²) >= 11 is 0. The lowest BCUT2D eigenvalue weighted by Crippen LogP contribution is -2.51. The van der Waals surface area contributed by atoms with Crippen molar-refractivity contribution in [3.8, 4) is 0 Å². The molecule has 0 aromatic heterocycles. The van der Waals surface area contributed by atoms with Crippen molar-refractivity contribution in [2.45, 2.75) is 96.2 Å². The van der Waals surface area contributed by atoms with E-state index in [1.165, 1.54) is 6.92 Å². The van der Waals surface area contributed by atoms with Crippen molar-refractivity contribution in [2.75, 3.05) is 0 Å². The Morgan fingerprint density at radius 2 is 1.57 bits per heavy atom. The van der Waals surface area contributed by atoms with Crippen molar-refractivity contribution in [3.05, 3.63) is 12.2 Å². The molecule has 0 bridgehead atoms. The molecule has 1 aliphatic carbocycles. The number of rotatable bonds is 6. The number of esters is 1. The van der Waals surface area contributed by atoms with Gasteiger partial charge in [0.25, 0.3) is 0 Å². The molecular weight excluding hydrogens is 308 g/mol. The van der Waals surface area contributed by atoms with Gasteiger partial charge in [-0.3, -0.25) is 4.79 Å². The van der Waals surface area contributed by atoms with E-state index >= 15 is 0 Å². The van der Waals surface area contributed by atoms with Gasteiger partial charge in [0.1, 0.15) is 6.10 Å². The Bertz CT molecular complexity index is 395. The number of carbonyl (C=O) groups is 1. The minimum Gasteiger partial charge on any atom is -0.458 e. The number of hydrogen-bond donors (Lipinski definition) is 1. The molecule has 0 aliphatic heterocycles. The molecule has 0 radical (unpaired) electrons. The van der Waals surface area contributed by atoms with Crippen molar-refractivity contribution in [3.63, 3.8) is 0 Å². The third-order valence-corrected chi connectivity index (χ3v) is 11.1. The summed E-state index contributed by atoms with van der Waals surface area (Å²) in [5.74, 6) is -0.296. The van der Waals surface area contributed by atoms with Crippen LogP contribution in [-0.4, -0.2) is 37.7 Å². The maximum absolute atomic E-state index is 11.3. The predicted molar refractivity (Wildman–Crippen MR) is 95.9 cm³/mol. The topological polar surface area (TPSA) is 55.8 Å². The molecule has 1 rings (SSSR count). The van der Waals surface area contributed by atoms with Crippen LogP contribution < -0.4 is 0 Å². The van der Waals surface area contributed by atoms with Gasteiger partial charge in [0, 0.05) is 19.8 Å². The van der Waals surface area contributed by atoms with Gasteiger partial charge in [0.05, 0.1) is 12.2 Å². The van der Waals surface area contributed by atoms with E-state index in [9.17, 15) is 9.90 Å². The van der Waals surface area contributed by atoms with E-state index in [4.69, 9.17) is 9.16 Å². The molecule has 1 aliphatic rings. The van der Waals surface area contributed by atoms with Crippen molar-refractivity contribution < 1.29 is 19.1 Å². The molecule has 0 unspecified atom stereocenters. The maximum Gasteiger partial charge on any atom is 0.303 e. The van der Waals surface area contributed by atoms with Crippen LogP contribution in [0.15, 0.2) is 12.2 Å². The zero-order valence-corrected chi connectivity index (χ0v) is 16.7. The average Bonchev–Trinajstić information content (AvgIpc) is 2.55. The first-order chi connectivity index (χ1) is 10.6. The van der Waals surface area contributed by atoms with E-state index in [0.29, 0.717) is 29.5 Å². The fraction of sp³-hybridized carbons (Fsp3) is 0.833. The highest BCUT2D eigenvalue weighted by Gasteiger charge is 2.47. The number of hydrogen-bond acceptors (Lipinski definition) is 4. The Kier molecular flexibility index (Phi) is 7.49. The van der Waals surface area contributed by atoms with Gasteiger partial charge in [-0.05, 0) is 22.7 Å². The van der Waals surface area contributed by atoms with Crippen LogP contribution in [0, 0.1) is 0 Å². The third kappa shape index (κ3) is 5.16. The molecule has 0 spiro atoms. The van der Waals surface area contributed by atoms with Gasteiger partial charge in [-0.15, -0.1) is 0 Å². The summed E-state index contributed by atoms with van der Waals surface area (Å²) in [4.78, 5) is 11.3. The molecule has 4 nitrogen and oxygen atoms in total. The SMILES string of the molecule is CC(=O)O[C@@H]1C=C[C@H](O)C[C@H](O[Si](C(C)C)(C(C)C)C(C)C)C1. The third-order valence-electron chi connectivity index (χ3n) is 4.94. The molecule has 23 heavy (non-hydrogen) atoms. The predicted octanol–water partition coefficient (Wildman–Crippen LogP) is 4.19. The lowest BCUT2D eigenvalue weighted by molar-refractivity contribution is -0.145. The van der Waals surface area contributed by atoms with Crippen LogP contribution in [-0.2, 0) is 14.0 Å². The number of carbonyl (C=O) groups excluding carboxylic acids is 1. The molecule has 0 fully saturated rings. The first-order valence-electron chi connectivity index (χ1n) is 8.81. The summed E-state index contributed by atoms with van der Waals surface area (Å²) < 4.78 is 12.1. The standard InChI is InChI=1S/C18H34O4Si/c1-12(2)23(13(3)4,14(5)6)22-18-10-16(20)8-9-17(11-18)21-15(7)19/h8-9,12-14,16-18,20H,10-11H2,1-7H3/t16-,17+,18-/m0/s1. The van der Waals surface area contributed by atoms with Gasteiger partial charge >= 0.3 is 5.97 Å². The van der Waals surface area contributed by atoms with E-state index in [-0.39, 0.29) is 18.2 Å². The molecule has 0 saturated heterocycles. The number of aliphatic hydroxyl groups is 1. The van der Waals surface area contributed by atoms with Crippen LogP contribution in [0.2, 0.25) is 16.6 Å². The van der Waals surface area contributed by atoms with Crippen LogP contribution in [0.4, 0.5) is 0 Å². The fourth-order valence-corrected chi connectivity index (χ4v) is 9.71. The van der Waals surface area contributed by atoms with Crippen LogP contribution in [0.25, 0.3) is 0 Å². The fourth-order valence-electron chi connectivity index (χ4n) is 4.13. The Balaban J connectivity index is 2.99. The number of ether oxygens (including phenoxy) is 1. The lowest BCUT2D eigenvalue weighted by atomic mass is 10.1. The summed E-state index contributed by atoms with van der Waals surface area (Å²) in [6, 6.07) is 0. The average molecular weight is 343 g/mol. The molecule has 0 saturated carbocycles. The van der Waals surface area contributed by atoms with E-state index in [2.05, 4.69) is 41.5 Å². The second kappa shape index (κ2) is 8.45. The molecule has 3 atom stereocenters.